The monoisotopic (exact) mass is 278 g/mol. The van der Waals surface area contributed by atoms with Gasteiger partial charge >= 0.3 is 5.63 Å². The Kier molecular flexibility index (Phi) is 2.35. The molecule has 0 atom stereocenters. The van der Waals surface area contributed by atoms with Gasteiger partial charge in [-0.3, -0.25) is 0 Å². The summed E-state index contributed by atoms with van der Waals surface area (Å²) in [6, 6.07) is 13.9. The van der Waals surface area contributed by atoms with Gasteiger partial charge in [0, 0.05) is 11.5 Å². The Labute approximate surface area is 118 Å². The topological polar surface area (TPSA) is 79.1 Å². The highest BCUT2D eigenvalue weighted by atomic mass is 16.4. The molecular weight excluding hydrogens is 268 g/mol. The van der Waals surface area contributed by atoms with E-state index in [1.54, 1.807) is 18.2 Å². The number of nitrogens with one attached hydrogen (secondary N) is 1. The third kappa shape index (κ3) is 1.87. The molecule has 2 aromatic carbocycles. The van der Waals surface area contributed by atoms with Gasteiger partial charge in [-0.05, 0) is 30.3 Å². The molecule has 0 saturated heterocycles. The van der Waals surface area contributed by atoms with Gasteiger partial charge < -0.3 is 14.5 Å². The molecule has 0 unspecified atom stereocenters. The van der Waals surface area contributed by atoms with E-state index in [0.717, 1.165) is 16.4 Å². The normalized spacial score (nSPS) is 11.2. The molecule has 2 N–H and O–H groups in total. The number of aromatic amines is 1. The molecule has 0 radical (unpaired) electrons. The van der Waals surface area contributed by atoms with Crippen molar-refractivity contribution < 1.29 is 9.52 Å². The maximum absolute atomic E-state index is 12.1. The summed E-state index contributed by atoms with van der Waals surface area (Å²) in [5, 5.41) is 10.1. The van der Waals surface area contributed by atoms with Crippen molar-refractivity contribution in [3.63, 3.8) is 0 Å². The molecule has 4 aromatic rings. The SMILES string of the molecule is O=c1oc2cc(O)ccc2cc1-c1nc2ccccc2[nH]1. The number of imidazole rings is 1. The van der Waals surface area contributed by atoms with Gasteiger partial charge in [-0.1, -0.05) is 12.1 Å². The van der Waals surface area contributed by atoms with Crippen LogP contribution < -0.4 is 5.63 Å². The third-order valence-corrected chi connectivity index (χ3v) is 3.36. The third-order valence-electron chi connectivity index (χ3n) is 3.36. The van der Waals surface area contributed by atoms with Crippen molar-refractivity contribution in [2.75, 3.05) is 0 Å². The zero-order valence-corrected chi connectivity index (χ0v) is 10.8. The van der Waals surface area contributed by atoms with E-state index < -0.39 is 5.63 Å². The van der Waals surface area contributed by atoms with Crippen LogP contribution in [-0.2, 0) is 0 Å². The minimum atomic E-state index is -0.493. The van der Waals surface area contributed by atoms with Crippen molar-refractivity contribution in [2.24, 2.45) is 0 Å². The van der Waals surface area contributed by atoms with Crippen molar-refractivity contribution in [3.8, 4) is 17.1 Å². The largest absolute Gasteiger partial charge is 0.508 e. The number of rotatable bonds is 1. The first-order chi connectivity index (χ1) is 10.2. The Balaban J connectivity index is 1.99. The Morgan fingerprint density at radius 2 is 1.95 bits per heavy atom. The van der Waals surface area contributed by atoms with Crippen LogP contribution in [0.25, 0.3) is 33.4 Å². The fraction of sp³-hybridized carbons (Fsp3) is 0. The van der Waals surface area contributed by atoms with Gasteiger partial charge in [-0.25, -0.2) is 9.78 Å². The lowest BCUT2D eigenvalue weighted by molar-refractivity contribution is 0.473. The highest BCUT2D eigenvalue weighted by Crippen LogP contribution is 2.23. The number of benzene rings is 2. The van der Waals surface area contributed by atoms with Crippen LogP contribution in [0, 0.1) is 0 Å². The minimum Gasteiger partial charge on any atom is -0.508 e. The van der Waals surface area contributed by atoms with E-state index in [1.807, 2.05) is 24.3 Å². The van der Waals surface area contributed by atoms with Gasteiger partial charge in [0.1, 0.15) is 22.7 Å². The summed E-state index contributed by atoms with van der Waals surface area (Å²) in [6.45, 7) is 0. The fourth-order valence-electron chi connectivity index (χ4n) is 2.35. The Morgan fingerprint density at radius 3 is 2.81 bits per heavy atom. The van der Waals surface area contributed by atoms with Crippen LogP contribution in [0.2, 0.25) is 0 Å². The van der Waals surface area contributed by atoms with Gasteiger partial charge in [0.2, 0.25) is 0 Å². The van der Waals surface area contributed by atoms with Gasteiger partial charge in [-0.15, -0.1) is 0 Å². The van der Waals surface area contributed by atoms with Crippen molar-refractivity contribution in [2.45, 2.75) is 0 Å². The second-order valence-corrected chi connectivity index (χ2v) is 4.77. The summed E-state index contributed by atoms with van der Waals surface area (Å²) in [5.74, 6) is 0.530. The van der Waals surface area contributed by atoms with Gasteiger partial charge in [-0.2, -0.15) is 0 Å². The van der Waals surface area contributed by atoms with E-state index in [4.69, 9.17) is 4.42 Å². The van der Waals surface area contributed by atoms with Crippen LogP contribution >= 0.6 is 0 Å². The molecule has 2 heterocycles. The van der Waals surface area contributed by atoms with E-state index in [-0.39, 0.29) is 5.75 Å². The number of aromatic nitrogens is 2. The van der Waals surface area contributed by atoms with Crippen LogP contribution in [0.1, 0.15) is 0 Å². The van der Waals surface area contributed by atoms with Crippen LogP contribution in [0.15, 0.2) is 57.7 Å². The summed E-state index contributed by atoms with van der Waals surface area (Å²) in [5.41, 5.74) is 1.87. The molecule has 0 saturated carbocycles. The number of H-pyrrole nitrogens is 1. The smallest absolute Gasteiger partial charge is 0.347 e. The van der Waals surface area contributed by atoms with Crippen LogP contribution in [0.3, 0.4) is 0 Å². The molecule has 21 heavy (non-hydrogen) atoms. The zero-order valence-electron chi connectivity index (χ0n) is 10.8. The predicted molar refractivity (Wildman–Crippen MR) is 79.2 cm³/mol. The summed E-state index contributed by atoms with van der Waals surface area (Å²) < 4.78 is 5.25. The molecule has 0 aliphatic rings. The number of phenols is 1. The molecule has 0 bridgehead atoms. The standard InChI is InChI=1S/C16H10N2O3/c19-10-6-5-9-7-11(16(20)21-14(9)8-10)15-17-12-3-1-2-4-13(12)18-15/h1-8,19H,(H,17,18). The Bertz CT molecular complexity index is 997. The lowest BCUT2D eigenvalue weighted by Gasteiger charge is -2.00. The molecule has 5 nitrogen and oxygen atoms in total. The Hall–Kier alpha value is -3.08. The highest BCUT2D eigenvalue weighted by Gasteiger charge is 2.12. The van der Waals surface area contributed by atoms with Gasteiger partial charge in [0.05, 0.1) is 11.0 Å². The van der Waals surface area contributed by atoms with Crippen LogP contribution in [0.5, 0.6) is 5.75 Å². The average Bonchev–Trinajstić information content (AvgIpc) is 2.90. The molecule has 0 aliphatic carbocycles. The first kappa shape index (κ1) is 11.7. The number of hydrogen-bond acceptors (Lipinski definition) is 4. The minimum absolute atomic E-state index is 0.0575. The summed E-state index contributed by atoms with van der Waals surface area (Å²) in [6.07, 6.45) is 0. The summed E-state index contributed by atoms with van der Waals surface area (Å²) in [4.78, 5) is 19.6. The van der Waals surface area contributed by atoms with Gasteiger partial charge in [0.25, 0.3) is 0 Å². The van der Waals surface area contributed by atoms with Crippen LogP contribution in [-0.4, -0.2) is 15.1 Å². The average molecular weight is 278 g/mol. The number of phenolic OH excluding ortho intramolecular Hbond substituents is 1. The molecule has 0 spiro atoms. The maximum atomic E-state index is 12.1. The van der Waals surface area contributed by atoms with E-state index >= 15 is 0 Å². The lowest BCUT2D eigenvalue weighted by Crippen LogP contribution is -2.03. The predicted octanol–water partition coefficient (Wildman–Crippen LogP) is 3.04. The van der Waals surface area contributed by atoms with Gasteiger partial charge in [0.15, 0.2) is 0 Å². The molecule has 0 aliphatic heterocycles. The van der Waals surface area contributed by atoms with Crippen LogP contribution in [0.4, 0.5) is 0 Å². The molecule has 0 fully saturated rings. The van der Waals surface area contributed by atoms with E-state index in [9.17, 15) is 9.90 Å². The van der Waals surface area contributed by atoms with Crippen molar-refractivity contribution in [3.05, 3.63) is 59.0 Å². The number of aromatic hydroxyl groups is 1. The quantitative estimate of drug-likeness (QED) is 0.524. The summed E-state index contributed by atoms with van der Waals surface area (Å²) >= 11 is 0. The second kappa shape index (κ2) is 4.21. The van der Waals surface area contributed by atoms with E-state index in [1.165, 1.54) is 6.07 Å². The number of fused-ring (bicyclic) bond motifs is 2. The molecule has 4 rings (SSSR count). The fourth-order valence-corrected chi connectivity index (χ4v) is 2.35. The number of nitrogens with zero attached hydrogens (tertiary/aromatic N) is 1. The summed E-state index contributed by atoms with van der Waals surface area (Å²) in [7, 11) is 0. The lowest BCUT2D eigenvalue weighted by atomic mass is 10.2. The zero-order chi connectivity index (χ0) is 14.4. The molecular formula is C16H10N2O3. The van der Waals surface area contributed by atoms with E-state index in [2.05, 4.69) is 9.97 Å². The number of hydrogen-bond donors (Lipinski definition) is 2. The number of para-hydroxylation sites is 2. The first-order valence-electron chi connectivity index (χ1n) is 6.43. The molecule has 5 heteroatoms. The molecule has 2 aromatic heterocycles. The van der Waals surface area contributed by atoms with E-state index in [0.29, 0.717) is 17.0 Å². The second-order valence-electron chi connectivity index (χ2n) is 4.77. The molecule has 0 amide bonds. The van der Waals surface area contributed by atoms with Crippen molar-refractivity contribution in [1.82, 2.24) is 9.97 Å². The molecule has 102 valence electrons. The first-order valence-corrected chi connectivity index (χ1v) is 6.43. The van der Waals surface area contributed by atoms with Crippen molar-refractivity contribution in [1.29, 1.82) is 0 Å². The highest BCUT2D eigenvalue weighted by molar-refractivity contribution is 5.84. The van der Waals surface area contributed by atoms with Crippen molar-refractivity contribution >= 4 is 22.0 Å². The Morgan fingerprint density at radius 1 is 1.10 bits per heavy atom. The maximum Gasteiger partial charge on any atom is 0.347 e.